The second kappa shape index (κ2) is 3.46. The molecule has 15 heavy (non-hydrogen) atoms. The van der Waals surface area contributed by atoms with Crippen LogP contribution in [0.4, 0.5) is 0 Å². The molecule has 0 atom stereocenters. The van der Waals surface area contributed by atoms with Crippen LogP contribution in [0.25, 0.3) is 0 Å². The first-order valence-corrected chi connectivity index (χ1v) is 6.18. The van der Waals surface area contributed by atoms with Crippen LogP contribution in [0, 0.1) is 6.92 Å². The average Bonchev–Trinajstić information content (AvgIpc) is 2.85. The van der Waals surface area contributed by atoms with E-state index in [9.17, 15) is 8.42 Å². The number of hydrogen-bond donors (Lipinski definition) is 1. The molecule has 0 aliphatic heterocycles. The van der Waals surface area contributed by atoms with Crippen molar-refractivity contribution in [2.24, 2.45) is 5.14 Å². The molecule has 5 nitrogen and oxygen atoms in total. The average molecular weight is 228 g/mol. The van der Waals surface area contributed by atoms with Crippen LogP contribution in [0.5, 0.6) is 5.75 Å². The number of aromatic nitrogens is 1. The van der Waals surface area contributed by atoms with Crippen LogP contribution in [0.15, 0.2) is 17.2 Å². The van der Waals surface area contributed by atoms with Gasteiger partial charge in [0.2, 0.25) is 10.0 Å². The Balaban J connectivity index is 2.47. The standard InChI is InChI=1S/C9H12N2O3S/c1-6-9(15(10,12)13)8(4-5-11-6)14-7-2-3-7/h4-5,7H,2-3H2,1H3,(H2,10,12,13). The minimum absolute atomic E-state index is 0.00287. The van der Waals surface area contributed by atoms with E-state index >= 15 is 0 Å². The molecular weight excluding hydrogens is 216 g/mol. The van der Waals surface area contributed by atoms with Crippen LogP contribution < -0.4 is 9.88 Å². The van der Waals surface area contributed by atoms with Crippen LogP contribution in [-0.4, -0.2) is 19.5 Å². The molecule has 2 N–H and O–H groups in total. The molecule has 2 rings (SSSR count). The van der Waals surface area contributed by atoms with E-state index in [-0.39, 0.29) is 11.0 Å². The van der Waals surface area contributed by atoms with E-state index < -0.39 is 10.0 Å². The molecule has 1 saturated carbocycles. The molecule has 0 radical (unpaired) electrons. The van der Waals surface area contributed by atoms with Gasteiger partial charge in [-0.25, -0.2) is 13.6 Å². The van der Waals surface area contributed by atoms with Crippen molar-refractivity contribution in [3.63, 3.8) is 0 Å². The van der Waals surface area contributed by atoms with Gasteiger partial charge in [0.1, 0.15) is 10.6 Å². The summed E-state index contributed by atoms with van der Waals surface area (Å²) in [6.07, 6.45) is 3.57. The number of sulfonamides is 1. The van der Waals surface area contributed by atoms with Crippen molar-refractivity contribution < 1.29 is 13.2 Å². The fourth-order valence-corrected chi connectivity index (χ4v) is 2.19. The van der Waals surface area contributed by atoms with E-state index in [1.54, 1.807) is 6.92 Å². The Morgan fingerprint density at radius 2 is 2.20 bits per heavy atom. The summed E-state index contributed by atoms with van der Waals surface area (Å²) in [5.41, 5.74) is 0.371. The molecular formula is C9H12N2O3S. The van der Waals surface area contributed by atoms with E-state index in [0.29, 0.717) is 11.4 Å². The van der Waals surface area contributed by atoms with Gasteiger partial charge in [-0.15, -0.1) is 0 Å². The lowest BCUT2D eigenvalue weighted by Gasteiger charge is -2.10. The van der Waals surface area contributed by atoms with E-state index in [0.717, 1.165) is 12.8 Å². The van der Waals surface area contributed by atoms with E-state index in [1.807, 2.05) is 0 Å². The van der Waals surface area contributed by atoms with Crippen LogP contribution in [0.1, 0.15) is 18.5 Å². The van der Waals surface area contributed by atoms with Gasteiger partial charge in [-0.1, -0.05) is 0 Å². The fourth-order valence-electron chi connectivity index (χ4n) is 1.33. The van der Waals surface area contributed by atoms with Gasteiger partial charge in [-0.05, 0) is 25.8 Å². The zero-order valence-corrected chi connectivity index (χ0v) is 9.12. The third kappa shape index (κ3) is 2.27. The zero-order valence-electron chi connectivity index (χ0n) is 8.30. The molecule has 1 fully saturated rings. The summed E-state index contributed by atoms with van der Waals surface area (Å²) in [6.45, 7) is 1.60. The van der Waals surface area contributed by atoms with Crippen molar-refractivity contribution in [3.05, 3.63) is 18.0 Å². The Kier molecular flexibility index (Phi) is 2.40. The molecule has 1 aromatic rings. The summed E-state index contributed by atoms with van der Waals surface area (Å²) < 4.78 is 28.1. The highest BCUT2D eigenvalue weighted by molar-refractivity contribution is 7.89. The number of nitrogens with two attached hydrogens (primary N) is 1. The Hall–Kier alpha value is -1.14. The zero-order chi connectivity index (χ0) is 11.1. The Morgan fingerprint density at radius 3 is 2.73 bits per heavy atom. The first-order valence-electron chi connectivity index (χ1n) is 4.63. The third-order valence-electron chi connectivity index (χ3n) is 2.15. The quantitative estimate of drug-likeness (QED) is 0.820. The molecule has 0 saturated heterocycles. The van der Waals surface area contributed by atoms with Gasteiger partial charge in [-0.3, -0.25) is 4.98 Å². The van der Waals surface area contributed by atoms with Crippen molar-refractivity contribution in [2.75, 3.05) is 0 Å². The lowest BCUT2D eigenvalue weighted by Crippen LogP contribution is -2.16. The van der Waals surface area contributed by atoms with Gasteiger partial charge in [0, 0.05) is 6.20 Å². The lowest BCUT2D eigenvalue weighted by atomic mass is 10.3. The Labute approximate surface area is 88.3 Å². The summed E-state index contributed by atoms with van der Waals surface area (Å²) in [7, 11) is -3.77. The highest BCUT2D eigenvalue weighted by Gasteiger charge is 2.27. The third-order valence-corrected chi connectivity index (χ3v) is 3.21. The van der Waals surface area contributed by atoms with Crippen LogP contribution >= 0.6 is 0 Å². The SMILES string of the molecule is Cc1nccc(OC2CC2)c1S(N)(=O)=O. The van der Waals surface area contributed by atoms with E-state index in [1.165, 1.54) is 12.3 Å². The largest absolute Gasteiger partial charge is 0.489 e. The van der Waals surface area contributed by atoms with Crippen molar-refractivity contribution in [1.29, 1.82) is 0 Å². The highest BCUT2D eigenvalue weighted by atomic mass is 32.2. The van der Waals surface area contributed by atoms with Gasteiger partial charge < -0.3 is 4.74 Å². The highest BCUT2D eigenvalue weighted by Crippen LogP contribution is 2.31. The Morgan fingerprint density at radius 1 is 1.53 bits per heavy atom. The van der Waals surface area contributed by atoms with Crippen molar-refractivity contribution in [3.8, 4) is 5.75 Å². The lowest BCUT2D eigenvalue weighted by molar-refractivity contribution is 0.294. The second-order valence-corrected chi connectivity index (χ2v) is 5.08. The summed E-state index contributed by atoms with van der Waals surface area (Å²) >= 11 is 0. The van der Waals surface area contributed by atoms with Crippen LogP contribution in [-0.2, 0) is 10.0 Å². The van der Waals surface area contributed by atoms with Crippen molar-refractivity contribution in [2.45, 2.75) is 30.8 Å². The first-order chi connectivity index (χ1) is 6.98. The summed E-state index contributed by atoms with van der Waals surface area (Å²) in [5.74, 6) is 0.313. The molecule has 1 aliphatic rings. The van der Waals surface area contributed by atoms with Crippen molar-refractivity contribution >= 4 is 10.0 Å². The van der Waals surface area contributed by atoms with Gasteiger partial charge in [-0.2, -0.15) is 0 Å². The molecule has 1 heterocycles. The number of nitrogens with zero attached hydrogens (tertiary/aromatic N) is 1. The Bertz CT molecular complexity index is 480. The number of hydrogen-bond acceptors (Lipinski definition) is 4. The number of primary sulfonamides is 1. The minimum Gasteiger partial charge on any atom is -0.489 e. The predicted molar refractivity (Wildman–Crippen MR) is 54.0 cm³/mol. The minimum atomic E-state index is -3.77. The molecule has 6 heteroatoms. The molecule has 1 aliphatic carbocycles. The topological polar surface area (TPSA) is 82.3 Å². The molecule has 0 unspecified atom stereocenters. The van der Waals surface area contributed by atoms with Crippen LogP contribution in [0.3, 0.4) is 0 Å². The van der Waals surface area contributed by atoms with Crippen molar-refractivity contribution in [1.82, 2.24) is 4.98 Å². The van der Waals surface area contributed by atoms with Gasteiger partial charge >= 0.3 is 0 Å². The summed E-state index contributed by atoms with van der Waals surface area (Å²) in [4.78, 5) is 3.89. The molecule has 0 spiro atoms. The van der Waals surface area contributed by atoms with Crippen LogP contribution in [0.2, 0.25) is 0 Å². The van der Waals surface area contributed by atoms with E-state index in [4.69, 9.17) is 9.88 Å². The molecule has 0 bridgehead atoms. The summed E-state index contributed by atoms with van der Waals surface area (Å²) in [6, 6.07) is 1.53. The number of rotatable bonds is 3. The molecule has 82 valence electrons. The predicted octanol–water partition coefficient (Wildman–Crippen LogP) is 0.579. The normalized spacial score (nSPS) is 16.4. The molecule has 1 aromatic heterocycles. The molecule has 0 amide bonds. The smallest absolute Gasteiger partial charge is 0.243 e. The number of pyridine rings is 1. The summed E-state index contributed by atoms with van der Waals surface area (Å²) in [5, 5.41) is 5.11. The fraction of sp³-hybridized carbons (Fsp3) is 0.444. The number of aryl methyl sites for hydroxylation is 1. The first kappa shape index (κ1) is 10.4. The maximum absolute atomic E-state index is 11.3. The monoisotopic (exact) mass is 228 g/mol. The maximum atomic E-state index is 11.3. The van der Waals surface area contributed by atoms with Gasteiger partial charge in [0.05, 0.1) is 11.8 Å². The number of ether oxygens (including phenoxy) is 1. The van der Waals surface area contributed by atoms with Gasteiger partial charge in [0.25, 0.3) is 0 Å². The molecule has 0 aromatic carbocycles. The maximum Gasteiger partial charge on any atom is 0.243 e. The second-order valence-electron chi connectivity index (χ2n) is 3.59. The van der Waals surface area contributed by atoms with Gasteiger partial charge in [0.15, 0.2) is 0 Å². The van der Waals surface area contributed by atoms with E-state index in [2.05, 4.69) is 4.98 Å².